The van der Waals surface area contributed by atoms with Gasteiger partial charge in [0.25, 0.3) is 17.6 Å². The number of carbonyl (C=O) groups excluding carboxylic acids is 6. The molecule has 22 heteroatoms. The van der Waals surface area contributed by atoms with Gasteiger partial charge in [-0.3, -0.25) is 33.7 Å². The van der Waals surface area contributed by atoms with E-state index in [2.05, 4.69) is 21.3 Å². The zero-order chi connectivity index (χ0) is 40.8. The molecule has 0 saturated carbocycles. The van der Waals surface area contributed by atoms with Crippen molar-refractivity contribution in [3.05, 3.63) is 12.2 Å². The molecule has 0 aromatic heterocycles. The Morgan fingerprint density at radius 3 is 1.98 bits per heavy atom. The molecule has 6 atom stereocenters. The molecule has 2 rings (SSSR count). The Kier molecular flexibility index (Phi) is 21.5. The van der Waals surface area contributed by atoms with Crippen LogP contribution in [-0.4, -0.2) is 187 Å². The minimum atomic E-state index is -2.43. The molecule has 1 fully saturated rings. The van der Waals surface area contributed by atoms with Crippen molar-refractivity contribution in [3.63, 3.8) is 0 Å². The maximum Gasteiger partial charge on any atom is 0.364 e. The van der Waals surface area contributed by atoms with E-state index in [1.54, 1.807) is 0 Å². The monoisotopic (exact) mass is 791 g/mol. The number of nitrogens with one attached hydrogen (secondary N) is 4. The number of rotatable bonds is 28. The summed E-state index contributed by atoms with van der Waals surface area (Å²) in [5, 5.41) is 60.1. The number of carboxylic acid groups (broad SMARTS) is 1. The highest BCUT2D eigenvalue weighted by atomic mass is 16.7. The smallest absolute Gasteiger partial charge is 0.364 e. The van der Waals surface area contributed by atoms with E-state index >= 15 is 0 Å². The number of carbonyl (C=O) groups is 7. The third-order valence-electron chi connectivity index (χ3n) is 8.09. The van der Waals surface area contributed by atoms with Gasteiger partial charge in [0.15, 0.2) is 0 Å². The number of aliphatic hydroxyl groups excluding tert-OH is 4. The van der Waals surface area contributed by atoms with Crippen molar-refractivity contribution in [2.45, 2.75) is 75.3 Å². The zero-order valence-electron chi connectivity index (χ0n) is 30.6. The van der Waals surface area contributed by atoms with Crippen LogP contribution >= 0.6 is 0 Å². The number of aliphatic hydroxyl groups is 4. The van der Waals surface area contributed by atoms with Crippen LogP contribution in [0.5, 0.6) is 0 Å². The summed E-state index contributed by atoms with van der Waals surface area (Å²) in [5.74, 6) is -6.80. The summed E-state index contributed by atoms with van der Waals surface area (Å²) in [6.45, 7) is 0.634. The van der Waals surface area contributed by atoms with Crippen LogP contribution in [0.2, 0.25) is 0 Å². The van der Waals surface area contributed by atoms with Crippen LogP contribution in [0, 0.1) is 0 Å². The molecule has 0 radical (unpaired) electrons. The molecule has 0 spiro atoms. The predicted molar refractivity (Wildman–Crippen MR) is 184 cm³/mol. The van der Waals surface area contributed by atoms with E-state index in [9.17, 15) is 54.0 Å². The van der Waals surface area contributed by atoms with E-state index in [0.717, 1.165) is 11.8 Å². The molecule has 2 unspecified atom stereocenters. The van der Waals surface area contributed by atoms with Crippen molar-refractivity contribution >= 4 is 41.4 Å². The molecule has 2 aliphatic rings. The second kappa shape index (κ2) is 25.1. The highest BCUT2D eigenvalue weighted by molar-refractivity contribution is 6.12. The van der Waals surface area contributed by atoms with E-state index in [1.165, 1.54) is 12.2 Å². The maximum atomic E-state index is 12.2. The van der Waals surface area contributed by atoms with Crippen molar-refractivity contribution in [1.29, 1.82) is 0 Å². The quantitative estimate of drug-likeness (QED) is 0.0265. The first-order chi connectivity index (χ1) is 26.2. The third-order valence-corrected chi connectivity index (χ3v) is 8.09. The molecule has 2 heterocycles. The largest absolute Gasteiger partial charge is 0.477 e. The summed E-state index contributed by atoms with van der Waals surface area (Å²) in [7, 11) is 0. The van der Waals surface area contributed by atoms with Crippen molar-refractivity contribution in [1.82, 2.24) is 26.2 Å². The van der Waals surface area contributed by atoms with Crippen molar-refractivity contribution in [2.24, 2.45) is 0 Å². The summed E-state index contributed by atoms with van der Waals surface area (Å²) in [6, 6.07) is -1.16. The summed E-state index contributed by atoms with van der Waals surface area (Å²) in [5.41, 5.74) is 0. The van der Waals surface area contributed by atoms with Crippen LogP contribution in [-0.2, 0) is 57.2 Å². The Morgan fingerprint density at radius 2 is 1.44 bits per heavy atom. The Labute approximate surface area is 316 Å². The molecule has 6 amide bonds. The molecule has 9 N–H and O–H groups in total. The number of nitrogens with zero attached hydrogens (tertiary/aromatic N) is 1. The molecule has 0 bridgehead atoms. The lowest BCUT2D eigenvalue weighted by molar-refractivity contribution is -0.298. The molecule has 0 aliphatic carbocycles. The number of hydrogen-bond acceptors (Lipinski definition) is 16. The van der Waals surface area contributed by atoms with Crippen LogP contribution < -0.4 is 21.3 Å². The molecule has 2 aliphatic heterocycles. The average molecular weight is 792 g/mol. The number of amides is 6. The van der Waals surface area contributed by atoms with Crippen molar-refractivity contribution < 1.29 is 82.8 Å². The molecular formula is C33H53N5O17. The molecule has 22 nitrogen and oxygen atoms in total. The molecule has 312 valence electrons. The van der Waals surface area contributed by atoms with Gasteiger partial charge in [0.2, 0.25) is 23.6 Å². The van der Waals surface area contributed by atoms with E-state index < -0.39 is 99.2 Å². The first-order valence-electron chi connectivity index (χ1n) is 17.7. The lowest BCUT2D eigenvalue weighted by atomic mass is 9.89. The molecule has 0 aromatic rings. The fourth-order valence-electron chi connectivity index (χ4n) is 5.38. The normalized spacial score (nSPS) is 21.9. The Balaban J connectivity index is 1.54. The summed E-state index contributed by atoms with van der Waals surface area (Å²) in [4.78, 5) is 83.9. The van der Waals surface area contributed by atoms with Crippen LogP contribution in [0.25, 0.3) is 0 Å². The zero-order valence-corrected chi connectivity index (χ0v) is 30.6. The van der Waals surface area contributed by atoms with Gasteiger partial charge in [-0.25, -0.2) is 4.79 Å². The molecule has 1 saturated heterocycles. The minimum absolute atomic E-state index is 0.155. The van der Waals surface area contributed by atoms with Gasteiger partial charge in [-0.15, -0.1) is 0 Å². The Hall–Kier alpha value is -4.13. The van der Waals surface area contributed by atoms with Gasteiger partial charge < -0.3 is 70.5 Å². The second-order valence-corrected chi connectivity index (χ2v) is 12.5. The number of imide groups is 1. The lowest BCUT2D eigenvalue weighted by Crippen LogP contribution is -2.64. The second-order valence-electron chi connectivity index (χ2n) is 12.5. The van der Waals surface area contributed by atoms with Gasteiger partial charge in [-0.05, 0) is 12.8 Å². The average Bonchev–Trinajstić information content (AvgIpc) is 3.44. The van der Waals surface area contributed by atoms with Crippen LogP contribution in [0.1, 0.15) is 39.0 Å². The summed E-state index contributed by atoms with van der Waals surface area (Å²) >= 11 is 0. The van der Waals surface area contributed by atoms with Gasteiger partial charge in [0, 0.05) is 71.1 Å². The third kappa shape index (κ3) is 17.5. The van der Waals surface area contributed by atoms with E-state index in [0.29, 0.717) is 6.42 Å². The fraction of sp³-hybridized carbons (Fsp3) is 0.727. The first kappa shape index (κ1) is 47.0. The van der Waals surface area contributed by atoms with Crippen LogP contribution in [0.4, 0.5) is 0 Å². The molecular weight excluding hydrogens is 738 g/mol. The van der Waals surface area contributed by atoms with Gasteiger partial charge >= 0.3 is 5.97 Å². The number of ether oxygens (including phenoxy) is 5. The van der Waals surface area contributed by atoms with E-state index in [-0.39, 0.29) is 83.2 Å². The van der Waals surface area contributed by atoms with Gasteiger partial charge in [-0.2, -0.15) is 0 Å². The summed E-state index contributed by atoms with van der Waals surface area (Å²) < 4.78 is 26.9. The topological polar surface area (TPSA) is 318 Å². The highest BCUT2D eigenvalue weighted by Gasteiger charge is 2.53. The fourth-order valence-corrected chi connectivity index (χ4v) is 5.38. The Morgan fingerprint density at radius 1 is 0.873 bits per heavy atom. The summed E-state index contributed by atoms with van der Waals surface area (Å²) in [6.07, 6.45) is -4.08. The van der Waals surface area contributed by atoms with Crippen molar-refractivity contribution in [2.75, 3.05) is 79.0 Å². The predicted octanol–water partition coefficient (Wildman–Crippen LogP) is -4.96. The van der Waals surface area contributed by atoms with E-state index in [1.807, 2.05) is 0 Å². The number of aliphatic carboxylic acids is 1. The lowest BCUT2D eigenvalue weighted by Gasteiger charge is -2.45. The van der Waals surface area contributed by atoms with Crippen LogP contribution in [0.3, 0.4) is 0 Å². The van der Waals surface area contributed by atoms with Gasteiger partial charge in [0.05, 0.1) is 63.5 Å². The minimum Gasteiger partial charge on any atom is -0.477 e. The number of carboxylic acids is 1. The Bertz CT molecular complexity index is 1300. The highest BCUT2D eigenvalue weighted by Crippen LogP contribution is 2.33. The van der Waals surface area contributed by atoms with Gasteiger partial charge in [0.1, 0.15) is 13.2 Å². The molecule has 0 aromatic carbocycles. The van der Waals surface area contributed by atoms with E-state index in [4.69, 9.17) is 28.8 Å². The SMILES string of the molecule is CC(=O)N[C@@H]1[C@@H](O)C[C@](OCCNC(=O)COCC(=O)NCCOCCOCCNC(=O)CCCN2C(=O)C=CC2=O)(C(=O)O)O[C@@H]1CC(O)C(O)CCO. The standard InChI is InChI=1S/C33H53N5O17/c1-21(40)37-31-24(43)18-33(32(49)50,55-25(31)17-23(42)22(41)6-11-39)54-14-9-36-28(46)20-53-19-27(45)35-8-13-52-16-15-51-12-7-34-26(44)3-2-10-38-29(47)4-5-30(38)48/h4-5,22-25,31,39,41-43H,2-3,6-20H2,1H3,(H,34,44)(H,35,45)(H,36,46)(H,37,40)(H,49,50)/t22?,23?,24-,25+,31+,33+/m0/s1. The van der Waals surface area contributed by atoms with Crippen LogP contribution in [0.15, 0.2) is 12.2 Å². The number of hydrogen-bond donors (Lipinski definition) is 9. The van der Waals surface area contributed by atoms with Crippen molar-refractivity contribution in [3.8, 4) is 0 Å². The first-order valence-corrected chi connectivity index (χ1v) is 17.7. The maximum absolute atomic E-state index is 12.2. The van der Waals surface area contributed by atoms with Gasteiger partial charge in [-0.1, -0.05) is 0 Å². The molecule has 55 heavy (non-hydrogen) atoms.